The van der Waals surface area contributed by atoms with Crippen LogP contribution in [0.5, 0.6) is 0 Å². The highest BCUT2D eigenvalue weighted by Gasteiger charge is 2.22. The Balaban J connectivity index is 1.51. The number of alkyl carbamates (subject to hydrolysis) is 1. The number of carboxylic acid groups (broad SMARTS) is 1. The van der Waals surface area contributed by atoms with Gasteiger partial charge in [-0.15, -0.1) is 11.3 Å². The molecule has 3 aromatic rings. The van der Waals surface area contributed by atoms with Crippen LogP contribution in [0.4, 0.5) is 10.7 Å². The Labute approximate surface area is 210 Å². The lowest BCUT2D eigenvalue weighted by Gasteiger charge is -2.20. The summed E-state index contributed by atoms with van der Waals surface area (Å²) in [5.41, 5.74) is 5.82. The van der Waals surface area contributed by atoms with E-state index in [0.29, 0.717) is 35.2 Å². The maximum atomic E-state index is 12.6. The first-order chi connectivity index (χ1) is 16.9. The molecular weight excluding hydrogens is 488 g/mol. The maximum absolute atomic E-state index is 12.6. The molecule has 0 aromatic carbocycles. The third-order valence-corrected chi connectivity index (χ3v) is 6.25. The van der Waals surface area contributed by atoms with Gasteiger partial charge in [0.2, 0.25) is 5.95 Å². The van der Waals surface area contributed by atoms with Gasteiger partial charge in [-0.05, 0) is 64.2 Å². The number of carbonyl (C=O) groups is 3. The Bertz CT molecular complexity index is 1300. The van der Waals surface area contributed by atoms with Crippen LogP contribution in [0.1, 0.15) is 53.7 Å². The summed E-state index contributed by atoms with van der Waals surface area (Å²) in [5.74, 6) is -1.60. The number of nitrogens with two attached hydrogens (primary N) is 1. The van der Waals surface area contributed by atoms with Crippen molar-refractivity contribution in [3.63, 3.8) is 0 Å². The van der Waals surface area contributed by atoms with Crippen LogP contribution in [-0.2, 0) is 22.4 Å². The molecule has 0 bridgehead atoms. The summed E-state index contributed by atoms with van der Waals surface area (Å²) >= 11 is 1.26. The first kappa shape index (κ1) is 26.7. The minimum Gasteiger partial charge on any atom is -0.480 e. The number of aromatic amines is 2. The number of thiophene rings is 1. The molecule has 13 heteroatoms. The van der Waals surface area contributed by atoms with E-state index in [1.165, 1.54) is 11.3 Å². The topological polar surface area (TPSA) is 192 Å². The number of carbonyl (C=O) groups excluding carboxylic acids is 2. The molecule has 0 saturated heterocycles. The zero-order valence-electron chi connectivity index (χ0n) is 20.3. The fourth-order valence-corrected chi connectivity index (χ4v) is 4.42. The van der Waals surface area contributed by atoms with Crippen LogP contribution in [0.15, 0.2) is 23.1 Å². The fourth-order valence-electron chi connectivity index (χ4n) is 3.51. The van der Waals surface area contributed by atoms with Crippen LogP contribution in [0, 0.1) is 0 Å². The number of rotatable bonds is 10. The predicted octanol–water partition coefficient (Wildman–Crippen LogP) is 2.17. The van der Waals surface area contributed by atoms with E-state index in [4.69, 9.17) is 10.5 Å². The number of fused-ring (bicyclic) bond motifs is 1. The summed E-state index contributed by atoms with van der Waals surface area (Å²) in [4.78, 5) is 58.9. The van der Waals surface area contributed by atoms with E-state index >= 15 is 0 Å². The third kappa shape index (κ3) is 7.31. The number of carboxylic acids is 1. The molecule has 0 spiro atoms. The van der Waals surface area contributed by atoms with E-state index in [1.807, 2.05) is 0 Å². The molecule has 3 aromatic heterocycles. The Morgan fingerprint density at radius 1 is 1.25 bits per heavy atom. The molecule has 0 aliphatic heterocycles. The molecule has 7 N–H and O–H groups in total. The SMILES string of the molecule is CC(C)(C)OC(=O)NCCCC(NC(=O)c1ccc(CCc2c[nH]c3nc(N)[nH]c(=O)c23)s1)C(=O)O. The summed E-state index contributed by atoms with van der Waals surface area (Å²) in [5, 5.41) is 15.0. The van der Waals surface area contributed by atoms with Crippen molar-refractivity contribution in [3.05, 3.63) is 44.0 Å². The molecule has 2 amide bonds. The Hall–Kier alpha value is -3.87. The molecule has 0 aliphatic rings. The zero-order chi connectivity index (χ0) is 26.5. The molecule has 194 valence electrons. The Morgan fingerprint density at radius 2 is 2.00 bits per heavy atom. The van der Waals surface area contributed by atoms with E-state index in [-0.39, 0.29) is 24.5 Å². The smallest absolute Gasteiger partial charge is 0.407 e. The van der Waals surface area contributed by atoms with Crippen molar-refractivity contribution in [2.75, 3.05) is 12.3 Å². The van der Waals surface area contributed by atoms with E-state index in [1.54, 1.807) is 39.1 Å². The monoisotopic (exact) mass is 518 g/mol. The zero-order valence-corrected chi connectivity index (χ0v) is 21.1. The first-order valence-electron chi connectivity index (χ1n) is 11.4. The predicted molar refractivity (Wildman–Crippen MR) is 135 cm³/mol. The summed E-state index contributed by atoms with van der Waals surface area (Å²) < 4.78 is 5.13. The number of amides is 2. The molecule has 0 aliphatic carbocycles. The minimum absolute atomic E-state index is 0.0359. The highest BCUT2D eigenvalue weighted by Crippen LogP contribution is 2.21. The second kappa shape index (κ2) is 11.2. The number of nitrogens with one attached hydrogen (secondary N) is 4. The van der Waals surface area contributed by atoms with Crippen molar-refractivity contribution >= 4 is 46.3 Å². The van der Waals surface area contributed by atoms with Gasteiger partial charge in [0.25, 0.3) is 11.5 Å². The van der Waals surface area contributed by atoms with Gasteiger partial charge in [-0.2, -0.15) is 4.98 Å². The van der Waals surface area contributed by atoms with Crippen molar-refractivity contribution in [3.8, 4) is 0 Å². The molecule has 3 rings (SSSR count). The number of hydrogen-bond acceptors (Lipinski definition) is 8. The number of ether oxygens (including phenoxy) is 1. The average molecular weight is 519 g/mol. The molecule has 1 atom stereocenters. The van der Waals surface area contributed by atoms with Gasteiger partial charge in [-0.25, -0.2) is 9.59 Å². The lowest BCUT2D eigenvalue weighted by molar-refractivity contribution is -0.139. The van der Waals surface area contributed by atoms with Gasteiger partial charge < -0.3 is 31.2 Å². The molecule has 1 unspecified atom stereocenters. The van der Waals surface area contributed by atoms with E-state index in [9.17, 15) is 24.3 Å². The number of hydrogen-bond donors (Lipinski definition) is 6. The number of aryl methyl sites for hydroxylation is 2. The molecule has 3 heterocycles. The molecule has 0 saturated carbocycles. The molecule has 36 heavy (non-hydrogen) atoms. The van der Waals surface area contributed by atoms with Gasteiger partial charge in [0.15, 0.2) is 0 Å². The second-order valence-electron chi connectivity index (χ2n) is 9.19. The van der Waals surface area contributed by atoms with E-state index < -0.39 is 29.6 Å². The van der Waals surface area contributed by atoms with Crippen LogP contribution in [-0.4, -0.2) is 56.2 Å². The second-order valence-corrected chi connectivity index (χ2v) is 10.4. The lowest BCUT2D eigenvalue weighted by atomic mass is 10.1. The van der Waals surface area contributed by atoms with Gasteiger partial charge in [-0.1, -0.05) is 0 Å². The number of H-pyrrole nitrogens is 2. The van der Waals surface area contributed by atoms with Crippen molar-refractivity contribution in [2.45, 2.75) is 58.1 Å². The standard InChI is InChI=1S/C23H30N6O6S/c1-23(2,3)35-22(34)25-10-4-5-14(20(32)33)27-18(30)15-9-8-13(36-15)7-6-12-11-26-17-16(12)19(31)29-21(24)28-17/h8-9,11,14H,4-7,10H2,1-3H3,(H,25,34)(H,27,30)(H,32,33)(H4,24,26,28,29,31). The Kier molecular flexibility index (Phi) is 8.35. The van der Waals surface area contributed by atoms with Crippen molar-refractivity contribution in [1.82, 2.24) is 25.6 Å². The molecular formula is C23H30N6O6S. The van der Waals surface area contributed by atoms with Gasteiger partial charge in [-0.3, -0.25) is 14.6 Å². The summed E-state index contributed by atoms with van der Waals surface area (Å²) in [7, 11) is 0. The highest BCUT2D eigenvalue weighted by atomic mass is 32.1. The molecule has 12 nitrogen and oxygen atoms in total. The van der Waals surface area contributed by atoms with Crippen LogP contribution in [0.25, 0.3) is 11.0 Å². The number of aromatic nitrogens is 3. The van der Waals surface area contributed by atoms with Crippen LogP contribution >= 0.6 is 11.3 Å². The fraction of sp³-hybridized carbons (Fsp3) is 0.435. The Morgan fingerprint density at radius 3 is 2.69 bits per heavy atom. The van der Waals surface area contributed by atoms with E-state index in [0.717, 1.165) is 10.4 Å². The van der Waals surface area contributed by atoms with Crippen LogP contribution in [0.2, 0.25) is 0 Å². The van der Waals surface area contributed by atoms with Crippen molar-refractivity contribution in [2.24, 2.45) is 0 Å². The third-order valence-electron chi connectivity index (χ3n) is 5.11. The molecule has 0 radical (unpaired) electrons. The van der Waals surface area contributed by atoms with Gasteiger partial charge in [0.1, 0.15) is 17.3 Å². The van der Waals surface area contributed by atoms with Crippen molar-refractivity contribution in [1.29, 1.82) is 0 Å². The maximum Gasteiger partial charge on any atom is 0.407 e. The number of nitrogen functional groups attached to an aromatic ring is 1. The van der Waals surface area contributed by atoms with Crippen molar-refractivity contribution < 1.29 is 24.2 Å². The summed E-state index contributed by atoms with van der Waals surface area (Å²) in [6, 6.07) is 2.35. The van der Waals surface area contributed by atoms with Crippen LogP contribution in [0.3, 0.4) is 0 Å². The minimum atomic E-state index is -1.16. The quantitative estimate of drug-likeness (QED) is 0.220. The largest absolute Gasteiger partial charge is 0.480 e. The van der Waals surface area contributed by atoms with Gasteiger partial charge in [0, 0.05) is 17.6 Å². The highest BCUT2D eigenvalue weighted by molar-refractivity contribution is 7.14. The lowest BCUT2D eigenvalue weighted by Crippen LogP contribution is -2.41. The van der Waals surface area contributed by atoms with E-state index in [2.05, 4.69) is 25.6 Å². The number of anilines is 1. The molecule has 0 fully saturated rings. The number of aliphatic carboxylic acids is 1. The number of nitrogens with zero attached hydrogens (tertiary/aromatic N) is 1. The van der Waals surface area contributed by atoms with Gasteiger partial charge >= 0.3 is 12.1 Å². The van der Waals surface area contributed by atoms with Crippen LogP contribution < -0.4 is 21.9 Å². The normalized spacial score (nSPS) is 12.3. The van der Waals surface area contributed by atoms with Gasteiger partial charge in [0.05, 0.1) is 10.3 Å². The first-order valence-corrected chi connectivity index (χ1v) is 12.2. The summed E-state index contributed by atoms with van der Waals surface area (Å²) in [6.45, 7) is 5.46. The average Bonchev–Trinajstić information content (AvgIpc) is 3.40. The summed E-state index contributed by atoms with van der Waals surface area (Å²) in [6.07, 6.45) is 2.73.